The zero-order chi connectivity index (χ0) is 17.2. The van der Waals surface area contributed by atoms with Gasteiger partial charge in [-0.2, -0.15) is 0 Å². The maximum Gasteiger partial charge on any atom is 0.262 e. The summed E-state index contributed by atoms with van der Waals surface area (Å²) in [6.45, 7) is 0. The van der Waals surface area contributed by atoms with Crippen molar-refractivity contribution in [3.8, 4) is 11.5 Å². The van der Waals surface area contributed by atoms with Crippen LogP contribution in [0.5, 0.6) is 11.5 Å². The van der Waals surface area contributed by atoms with Gasteiger partial charge in [0.2, 0.25) is 0 Å². The van der Waals surface area contributed by atoms with Gasteiger partial charge in [0.1, 0.15) is 0 Å². The summed E-state index contributed by atoms with van der Waals surface area (Å²) in [7, 11) is -1.02. The Labute approximate surface area is 149 Å². The molecule has 0 saturated carbocycles. The van der Waals surface area contributed by atoms with Crippen LogP contribution >= 0.6 is 34.8 Å². The Bertz CT molecular complexity index is 840. The molecule has 0 aliphatic rings. The fourth-order valence-electron chi connectivity index (χ4n) is 1.79. The lowest BCUT2D eigenvalue weighted by Gasteiger charge is -2.13. The van der Waals surface area contributed by atoms with Gasteiger partial charge >= 0.3 is 0 Å². The Hall–Kier alpha value is -1.34. The van der Waals surface area contributed by atoms with Crippen LogP contribution in [0.2, 0.25) is 15.1 Å². The molecule has 124 valence electrons. The average molecular weight is 397 g/mol. The van der Waals surface area contributed by atoms with Crippen LogP contribution in [0.4, 0.5) is 5.69 Å². The smallest absolute Gasteiger partial charge is 0.262 e. The van der Waals surface area contributed by atoms with Crippen molar-refractivity contribution in [2.45, 2.75) is 4.90 Å². The Kier molecular flexibility index (Phi) is 5.52. The number of anilines is 1. The number of halogens is 3. The van der Waals surface area contributed by atoms with Crippen molar-refractivity contribution in [3.05, 3.63) is 45.4 Å². The first-order valence-corrected chi connectivity index (χ1v) is 8.79. The van der Waals surface area contributed by atoms with Gasteiger partial charge in [0, 0.05) is 6.07 Å². The normalized spacial score (nSPS) is 11.2. The molecule has 0 aromatic heterocycles. The zero-order valence-electron chi connectivity index (χ0n) is 12.1. The third kappa shape index (κ3) is 3.95. The molecule has 0 fully saturated rings. The molecule has 0 unspecified atom stereocenters. The van der Waals surface area contributed by atoms with E-state index in [0.29, 0.717) is 5.75 Å². The Balaban J connectivity index is 2.42. The Morgan fingerprint density at radius 3 is 2.09 bits per heavy atom. The largest absolute Gasteiger partial charge is 0.493 e. The molecule has 1 N–H and O–H groups in total. The van der Waals surface area contributed by atoms with Crippen LogP contribution in [-0.2, 0) is 10.0 Å². The van der Waals surface area contributed by atoms with E-state index in [0.717, 1.165) is 0 Å². The maximum atomic E-state index is 12.5. The van der Waals surface area contributed by atoms with Crippen LogP contribution in [0.15, 0.2) is 35.2 Å². The molecule has 2 aromatic carbocycles. The van der Waals surface area contributed by atoms with Gasteiger partial charge in [-0.15, -0.1) is 0 Å². The van der Waals surface area contributed by atoms with Crippen molar-refractivity contribution in [1.82, 2.24) is 0 Å². The van der Waals surface area contributed by atoms with E-state index in [4.69, 9.17) is 44.3 Å². The first-order chi connectivity index (χ1) is 10.8. The molecule has 0 aliphatic heterocycles. The van der Waals surface area contributed by atoms with Crippen molar-refractivity contribution in [2.24, 2.45) is 0 Å². The Morgan fingerprint density at radius 2 is 1.48 bits per heavy atom. The molecular formula is C14H12Cl3NO4S. The lowest BCUT2D eigenvalue weighted by molar-refractivity contribution is 0.354. The van der Waals surface area contributed by atoms with Crippen LogP contribution in [-0.4, -0.2) is 22.6 Å². The lowest BCUT2D eigenvalue weighted by Crippen LogP contribution is -2.13. The molecule has 0 atom stereocenters. The summed E-state index contributed by atoms with van der Waals surface area (Å²) in [4.78, 5) is -0.0164. The van der Waals surface area contributed by atoms with E-state index in [9.17, 15) is 8.42 Å². The molecule has 0 saturated heterocycles. The number of nitrogens with one attached hydrogen (secondary N) is 1. The summed E-state index contributed by atoms with van der Waals surface area (Å²) < 4.78 is 37.5. The van der Waals surface area contributed by atoms with Crippen LogP contribution in [0, 0.1) is 0 Å². The maximum absolute atomic E-state index is 12.5. The predicted octanol–water partition coefficient (Wildman–Crippen LogP) is 4.46. The molecule has 0 radical (unpaired) electrons. The van der Waals surface area contributed by atoms with E-state index in [1.807, 2.05) is 0 Å². The predicted molar refractivity (Wildman–Crippen MR) is 91.8 cm³/mol. The summed E-state index contributed by atoms with van der Waals surface area (Å²) in [5, 5.41) is 0.537. The van der Waals surface area contributed by atoms with E-state index in [1.54, 1.807) is 0 Å². The average Bonchev–Trinajstić information content (AvgIpc) is 2.51. The highest BCUT2D eigenvalue weighted by molar-refractivity contribution is 7.92. The fourth-order valence-corrected chi connectivity index (χ4v) is 3.52. The second-order valence-corrected chi connectivity index (χ2v) is 7.27. The van der Waals surface area contributed by atoms with E-state index in [1.165, 1.54) is 44.6 Å². The van der Waals surface area contributed by atoms with E-state index in [-0.39, 0.29) is 31.4 Å². The minimum Gasteiger partial charge on any atom is -0.493 e. The van der Waals surface area contributed by atoms with Gasteiger partial charge in [-0.25, -0.2) is 8.42 Å². The van der Waals surface area contributed by atoms with Crippen molar-refractivity contribution >= 4 is 50.5 Å². The number of sulfonamides is 1. The summed E-state index contributed by atoms with van der Waals surface area (Å²) in [5.41, 5.74) is 0.121. The minimum absolute atomic E-state index is 0.0164. The molecule has 23 heavy (non-hydrogen) atoms. The molecule has 0 aliphatic carbocycles. The van der Waals surface area contributed by atoms with Crippen LogP contribution < -0.4 is 14.2 Å². The number of rotatable bonds is 5. The van der Waals surface area contributed by atoms with Crippen LogP contribution in [0.3, 0.4) is 0 Å². The summed E-state index contributed by atoms with van der Waals surface area (Å²) in [5.74, 6) is 0.703. The Morgan fingerprint density at radius 1 is 0.870 bits per heavy atom. The SMILES string of the molecule is COc1ccc(S(=O)(=O)Nc2cc(Cl)c(Cl)cc2Cl)cc1OC. The summed E-state index contributed by atoms with van der Waals surface area (Å²) in [6.07, 6.45) is 0. The molecule has 0 amide bonds. The van der Waals surface area contributed by atoms with Gasteiger partial charge in [0.15, 0.2) is 11.5 Å². The number of methoxy groups -OCH3 is 2. The van der Waals surface area contributed by atoms with Crippen LogP contribution in [0.25, 0.3) is 0 Å². The second-order valence-electron chi connectivity index (χ2n) is 4.37. The van der Waals surface area contributed by atoms with Crippen molar-refractivity contribution in [1.29, 1.82) is 0 Å². The number of ether oxygens (including phenoxy) is 2. The highest BCUT2D eigenvalue weighted by atomic mass is 35.5. The number of hydrogen-bond donors (Lipinski definition) is 1. The van der Waals surface area contributed by atoms with Gasteiger partial charge in [-0.1, -0.05) is 34.8 Å². The van der Waals surface area contributed by atoms with E-state index < -0.39 is 10.0 Å². The second kappa shape index (κ2) is 7.05. The molecule has 2 rings (SSSR count). The highest BCUT2D eigenvalue weighted by Crippen LogP contribution is 2.34. The van der Waals surface area contributed by atoms with Gasteiger partial charge < -0.3 is 9.47 Å². The van der Waals surface area contributed by atoms with Gasteiger partial charge in [0.25, 0.3) is 10.0 Å². The van der Waals surface area contributed by atoms with E-state index in [2.05, 4.69) is 4.72 Å². The van der Waals surface area contributed by atoms with Crippen molar-refractivity contribution in [3.63, 3.8) is 0 Å². The standard InChI is InChI=1S/C14H12Cl3NO4S/c1-21-13-4-3-8(5-14(13)22-2)23(19,20)18-12-7-10(16)9(15)6-11(12)17/h3-7,18H,1-2H3. The molecule has 9 heteroatoms. The molecular weight excluding hydrogens is 385 g/mol. The number of benzene rings is 2. The third-order valence-corrected chi connectivity index (χ3v) is 5.32. The van der Waals surface area contributed by atoms with Gasteiger partial charge in [-0.05, 0) is 24.3 Å². The monoisotopic (exact) mass is 395 g/mol. The van der Waals surface area contributed by atoms with Crippen LogP contribution in [0.1, 0.15) is 0 Å². The lowest BCUT2D eigenvalue weighted by atomic mass is 10.3. The summed E-state index contributed by atoms with van der Waals surface area (Å²) in [6, 6.07) is 6.91. The molecule has 5 nitrogen and oxygen atoms in total. The quantitative estimate of drug-likeness (QED) is 0.758. The molecule has 0 spiro atoms. The zero-order valence-corrected chi connectivity index (χ0v) is 15.1. The summed E-state index contributed by atoms with van der Waals surface area (Å²) >= 11 is 17.7. The van der Waals surface area contributed by atoms with Gasteiger partial charge in [-0.3, -0.25) is 4.72 Å². The first kappa shape index (κ1) is 18.0. The van der Waals surface area contributed by atoms with E-state index >= 15 is 0 Å². The van der Waals surface area contributed by atoms with Crippen molar-refractivity contribution in [2.75, 3.05) is 18.9 Å². The topological polar surface area (TPSA) is 64.6 Å². The molecule has 2 aromatic rings. The number of hydrogen-bond acceptors (Lipinski definition) is 4. The molecule has 0 bridgehead atoms. The first-order valence-electron chi connectivity index (χ1n) is 6.18. The fraction of sp³-hybridized carbons (Fsp3) is 0.143. The third-order valence-electron chi connectivity index (χ3n) is 2.92. The molecule has 0 heterocycles. The minimum atomic E-state index is -3.89. The van der Waals surface area contributed by atoms with Crippen molar-refractivity contribution < 1.29 is 17.9 Å². The highest BCUT2D eigenvalue weighted by Gasteiger charge is 2.19. The van der Waals surface area contributed by atoms with Gasteiger partial charge in [0.05, 0.1) is 39.9 Å².